The predicted molar refractivity (Wildman–Crippen MR) is 51.3 cm³/mol. The van der Waals surface area contributed by atoms with Gasteiger partial charge in [-0.1, -0.05) is 15.9 Å². The van der Waals surface area contributed by atoms with Gasteiger partial charge in [-0.15, -0.1) is 0 Å². The summed E-state index contributed by atoms with van der Waals surface area (Å²) in [6.45, 7) is 0. The van der Waals surface area contributed by atoms with E-state index in [0.29, 0.717) is 5.69 Å². The van der Waals surface area contributed by atoms with Crippen molar-refractivity contribution >= 4 is 21.9 Å². The van der Waals surface area contributed by atoms with Gasteiger partial charge in [-0.25, -0.2) is 0 Å². The van der Waals surface area contributed by atoms with Crippen LogP contribution in [0.5, 0.6) is 0 Å². The maximum Gasteiger partial charge on any atom is 0.320 e. The molecule has 4 nitrogen and oxygen atoms in total. The summed E-state index contributed by atoms with van der Waals surface area (Å²) in [7, 11) is 0. The molecule has 13 heavy (non-hydrogen) atoms. The number of halogens is 1. The van der Waals surface area contributed by atoms with E-state index < -0.39 is 12.0 Å². The number of aliphatic carboxylic acids is 1. The van der Waals surface area contributed by atoms with Crippen molar-refractivity contribution in [1.82, 2.24) is 4.98 Å². The second-order valence-electron chi connectivity index (χ2n) is 2.61. The monoisotopic (exact) mass is 244 g/mol. The van der Waals surface area contributed by atoms with E-state index in [0.717, 1.165) is 4.47 Å². The number of carboxylic acids is 1. The summed E-state index contributed by atoms with van der Waals surface area (Å²) in [5, 5.41) is 8.55. The van der Waals surface area contributed by atoms with E-state index in [9.17, 15) is 4.79 Å². The molecule has 1 heterocycles. The SMILES string of the molecule is NC(Cc1cc(Br)ccn1)C(=O)O. The summed E-state index contributed by atoms with van der Waals surface area (Å²) in [4.78, 5) is 14.4. The topological polar surface area (TPSA) is 76.2 Å². The highest BCUT2D eigenvalue weighted by Gasteiger charge is 2.12. The molecule has 1 aromatic heterocycles. The standard InChI is InChI=1S/C8H9BrN2O2/c9-5-1-2-11-6(3-5)4-7(10)8(12)13/h1-3,7H,4,10H2,(H,12,13). The molecule has 5 heteroatoms. The smallest absolute Gasteiger partial charge is 0.320 e. The van der Waals surface area contributed by atoms with Crippen LogP contribution in [-0.2, 0) is 11.2 Å². The second kappa shape index (κ2) is 4.34. The first kappa shape index (κ1) is 10.1. The van der Waals surface area contributed by atoms with Gasteiger partial charge in [0.2, 0.25) is 0 Å². The quantitative estimate of drug-likeness (QED) is 0.825. The van der Waals surface area contributed by atoms with Crippen molar-refractivity contribution in [2.24, 2.45) is 5.73 Å². The summed E-state index contributed by atoms with van der Waals surface area (Å²) in [5.41, 5.74) is 6.01. The van der Waals surface area contributed by atoms with Gasteiger partial charge in [-0.05, 0) is 12.1 Å². The van der Waals surface area contributed by atoms with Crippen LogP contribution in [-0.4, -0.2) is 22.1 Å². The molecular formula is C8H9BrN2O2. The van der Waals surface area contributed by atoms with Crippen molar-refractivity contribution in [3.8, 4) is 0 Å². The molecule has 0 amide bonds. The van der Waals surface area contributed by atoms with Gasteiger partial charge >= 0.3 is 5.97 Å². The molecule has 70 valence electrons. The molecule has 0 aliphatic carbocycles. The van der Waals surface area contributed by atoms with Crippen LogP contribution in [0.15, 0.2) is 22.8 Å². The van der Waals surface area contributed by atoms with Gasteiger partial charge in [-0.2, -0.15) is 0 Å². The van der Waals surface area contributed by atoms with Crippen molar-refractivity contribution in [3.63, 3.8) is 0 Å². The van der Waals surface area contributed by atoms with Gasteiger partial charge in [0.15, 0.2) is 0 Å². The van der Waals surface area contributed by atoms with Crippen LogP contribution in [0.3, 0.4) is 0 Å². The van der Waals surface area contributed by atoms with E-state index in [4.69, 9.17) is 10.8 Å². The third-order valence-electron chi connectivity index (χ3n) is 1.52. The summed E-state index contributed by atoms with van der Waals surface area (Å²) >= 11 is 3.26. The summed E-state index contributed by atoms with van der Waals surface area (Å²) in [6, 6.07) is 2.64. The number of hydrogen-bond donors (Lipinski definition) is 2. The van der Waals surface area contributed by atoms with Crippen LogP contribution in [0, 0.1) is 0 Å². The first-order chi connectivity index (χ1) is 6.09. The van der Waals surface area contributed by atoms with Crippen LogP contribution in [0.2, 0.25) is 0 Å². The molecule has 0 aliphatic rings. The zero-order chi connectivity index (χ0) is 9.84. The summed E-state index contributed by atoms with van der Waals surface area (Å²) < 4.78 is 0.870. The van der Waals surface area contributed by atoms with Crippen LogP contribution < -0.4 is 5.73 Å². The molecule has 1 rings (SSSR count). The van der Waals surface area contributed by atoms with Crippen LogP contribution >= 0.6 is 15.9 Å². The minimum atomic E-state index is -1.01. The van der Waals surface area contributed by atoms with Crippen LogP contribution in [0.25, 0.3) is 0 Å². The van der Waals surface area contributed by atoms with Gasteiger partial charge in [0.25, 0.3) is 0 Å². The van der Waals surface area contributed by atoms with Crippen molar-refractivity contribution in [1.29, 1.82) is 0 Å². The predicted octanol–water partition coefficient (Wildman–Crippen LogP) is 0.798. The molecule has 0 aliphatic heterocycles. The number of aromatic nitrogens is 1. The Balaban J connectivity index is 2.69. The Morgan fingerprint density at radius 3 is 3.00 bits per heavy atom. The number of rotatable bonds is 3. The normalized spacial score (nSPS) is 12.5. The maximum atomic E-state index is 10.4. The lowest BCUT2D eigenvalue weighted by Crippen LogP contribution is -2.32. The number of carbonyl (C=O) groups is 1. The fourth-order valence-corrected chi connectivity index (χ4v) is 1.26. The number of nitrogens with two attached hydrogens (primary N) is 1. The Labute approximate surface area is 83.9 Å². The van der Waals surface area contributed by atoms with Crippen molar-refractivity contribution < 1.29 is 9.90 Å². The second-order valence-corrected chi connectivity index (χ2v) is 3.53. The first-order valence-electron chi connectivity index (χ1n) is 3.68. The largest absolute Gasteiger partial charge is 0.480 e. The van der Waals surface area contributed by atoms with Crippen LogP contribution in [0.4, 0.5) is 0 Å². The molecule has 0 radical (unpaired) electrons. The molecule has 0 aromatic carbocycles. The van der Waals surface area contributed by atoms with Gasteiger partial charge in [0, 0.05) is 22.8 Å². The molecule has 1 aromatic rings. The van der Waals surface area contributed by atoms with Crippen molar-refractivity contribution in [2.75, 3.05) is 0 Å². The lowest BCUT2D eigenvalue weighted by molar-refractivity contribution is -0.138. The molecule has 3 N–H and O–H groups in total. The molecule has 0 saturated carbocycles. The minimum Gasteiger partial charge on any atom is -0.480 e. The zero-order valence-electron chi connectivity index (χ0n) is 6.77. The maximum absolute atomic E-state index is 10.4. The van der Waals surface area contributed by atoms with Crippen LogP contribution in [0.1, 0.15) is 5.69 Å². The Morgan fingerprint density at radius 1 is 1.77 bits per heavy atom. The Hall–Kier alpha value is -0.940. The average Bonchev–Trinajstić information content (AvgIpc) is 2.04. The highest BCUT2D eigenvalue weighted by atomic mass is 79.9. The highest BCUT2D eigenvalue weighted by Crippen LogP contribution is 2.10. The van der Waals surface area contributed by atoms with Crippen molar-refractivity contribution in [2.45, 2.75) is 12.5 Å². The molecule has 0 bridgehead atoms. The fourth-order valence-electron chi connectivity index (χ4n) is 0.873. The lowest BCUT2D eigenvalue weighted by Gasteiger charge is -2.05. The fraction of sp³-hybridized carbons (Fsp3) is 0.250. The van der Waals surface area contributed by atoms with Gasteiger partial charge in [0.1, 0.15) is 6.04 Å². The summed E-state index contributed by atoms with van der Waals surface area (Å²) in [5.74, 6) is -1.01. The van der Waals surface area contributed by atoms with E-state index in [-0.39, 0.29) is 6.42 Å². The first-order valence-corrected chi connectivity index (χ1v) is 4.47. The van der Waals surface area contributed by atoms with E-state index in [1.54, 1.807) is 18.3 Å². The van der Waals surface area contributed by atoms with Gasteiger partial charge in [0.05, 0.1) is 0 Å². The van der Waals surface area contributed by atoms with Crippen molar-refractivity contribution in [3.05, 3.63) is 28.5 Å². The van der Waals surface area contributed by atoms with Gasteiger partial charge < -0.3 is 10.8 Å². The van der Waals surface area contributed by atoms with Gasteiger partial charge in [-0.3, -0.25) is 9.78 Å². The zero-order valence-corrected chi connectivity index (χ0v) is 8.36. The van der Waals surface area contributed by atoms with E-state index in [1.807, 2.05) is 0 Å². The Kier molecular flexibility index (Phi) is 3.39. The third-order valence-corrected chi connectivity index (χ3v) is 2.02. The number of pyridine rings is 1. The molecule has 0 fully saturated rings. The van der Waals surface area contributed by atoms with E-state index >= 15 is 0 Å². The molecule has 0 spiro atoms. The summed E-state index contributed by atoms with van der Waals surface area (Å²) in [6.07, 6.45) is 1.85. The minimum absolute atomic E-state index is 0.245. The highest BCUT2D eigenvalue weighted by molar-refractivity contribution is 9.10. The Bertz CT molecular complexity index is 317. The third kappa shape index (κ3) is 3.12. The number of nitrogens with zero attached hydrogens (tertiary/aromatic N) is 1. The molecular weight excluding hydrogens is 236 g/mol. The lowest BCUT2D eigenvalue weighted by atomic mass is 10.1. The average molecular weight is 245 g/mol. The Morgan fingerprint density at radius 2 is 2.46 bits per heavy atom. The molecule has 1 atom stereocenters. The molecule has 1 unspecified atom stereocenters. The van der Waals surface area contributed by atoms with E-state index in [1.165, 1.54) is 0 Å². The number of hydrogen-bond acceptors (Lipinski definition) is 3. The number of carboxylic acid groups (broad SMARTS) is 1. The van der Waals surface area contributed by atoms with E-state index in [2.05, 4.69) is 20.9 Å². The molecule has 0 saturated heterocycles.